The monoisotopic (exact) mass is 593 g/mol. The van der Waals surface area contributed by atoms with E-state index in [2.05, 4.69) is 10.6 Å². The van der Waals surface area contributed by atoms with Gasteiger partial charge in [0.1, 0.15) is 29.9 Å². The molecule has 2 heterocycles. The molecule has 43 heavy (non-hydrogen) atoms. The van der Waals surface area contributed by atoms with Crippen molar-refractivity contribution in [2.75, 3.05) is 13.1 Å². The third-order valence-electron chi connectivity index (χ3n) is 8.01. The van der Waals surface area contributed by atoms with Crippen molar-refractivity contribution in [2.45, 2.75) is 75.7 Å². The van der Waals surface area contributed by atoms with Gasteiger partial charge in [0.15, 0.2) is 0 Å². The summed E-state index contributed by atoms with van der Waals surface area (Å²) < 4.78 is 0. The number of carboxylic acid groups (broad SMARTS) is 1. The van der Waals surface area contributed by atoms with Gasteiger partial charge in [-0.05, 0) is 62.3 Å². The van der Waals surface area contributed by atoms with Crippen molar-refractivity contribution in [3.8, 4) is 5.75 Å². The van der Waals surface area contributed by atoms with Gasteiger partial charge in [-0.1, -0.05) is 42.5 Å². The normalized spacial score (nSPS) is 20.2. The Labute approximate surface area is 250 Å². The van der Waals surface area contributed by atoms with E-state index in [1.54, 1.807) is 12.1 Å². The fraction of sp³-hybridized carbons (Fsp3) is 0.452. The summed E-state index contributed by atoms with van der Waals surface area (Å²) in [5.41, 5.74) is 7.74. The van der Waals surface area contributed by atoms with E-state index < -0.39 is 59.8 Å². The largest absolute Gasteiger partial charge is 0.508 e. The van der Waals surface area contributed by atoms with Crippen LogP contribution in [0.4, 0.5) is 0 Å². The number of rotatable bonds is 11. The molecule has 2 aliphatic rings. The van der Waals surface area contributed by atoms with E-state index in [0.29, 0.717) is 38.8 Å². The highest BCUT2D eigenvalue weighted by Crippen LogP contribution is 2.22. The molecule has 2 saturated heterocycles. The molecule has 230 valence electrons. The lowest BCUT2D eigenvalue weighted by Crippen LogP contribution is -2.58. The molecule has 12 nitrogen and oxygen atoms in total. The van der Waals surface area contributed by atoms with Gasteiger partial charge in [0.05, 0.1) is 6.04 Å². The van der Waals surface area contributed by atoms with Gasteiger partial charge in [-0.2, -0.15) is 0 Å². The summed E-state index contributed by atoms with van der Waals surface area (Å²) in [7, 11) is 0. The molecule has 5 atom stereocenters. The predicted octanol–water partition coefficient (Wildman–Crippen LogP) is 0.561. The first kappa shape index (κ1) is 31.5. The van der Waals surface area contributed by atoms with Crippen LogP contribution in [0.2, 0.25) is 0 Å². The first-order valence-electron chi connectivity index (χ1n) is 14.6. The van der Waals surface area contributed by atoms with E-state index in [9.17, 15) is 34.2 Å². The number of carbonyl (C=O) groups is 5. The van der Waals surface area contributed by atoms with Crippen LogP contribution in [-0.2, 0) is 36.8 Å². The minimum absolute atomic E-state index is 0.0961. The van der Waals surface area contributed by atoms with Crippen LogP contribution in [0.1, 0.15) is 43.7 Å². The summed E-state index contributed by atoms with van der Waals surface area (Å²) in [4.78, 5) is 67.6. The number of amides is 4. The molecule has 0 saturated carbocycles. The summed E-state index contributed by atoms with van der Waals surface area (Å²) in [6.45, 7) is 2.11. The molecule has 12 heteroatoms. The minimum Gasteiger partial charge on any atom is -0.508 e. The molecule has 0 spiro atoms. The number of likely N-dealkylation sites (tertiary alicyclic amines) is 2. The molecule has 0 radical (unpaired) electrons. The summed E-state index contributed by atoms with van der Waals surface area (Å²) in [6, 6.07) is 10.8. The number of carbonyl (C=O) groups excluding carboxylic acids is 4. The number of benzene rings is 2. The van der Waals surface area contributed by atoms with Crippen LogP contribution < -0.4 is 16.4 Å². The molecule has 4 amide bonds. The highest BCUT2D eigenvalue weighted by Gasteiger charge is 2.40. The number of phenols is 1. The third-order valence-corrected chi connectivity index (χ3v) is 8.01. The number of carboxylic acids is 1. The standard InChI is InChI=1S/C31H39N5O7/c1-19(29(40)36-16-6-10-26(36)31(42)43)33-28(39)25-9-5-15-35(25)30(41)24(18-20-7-3-2-4-8-20)34-27(38)23(32)17-21-11-13-22(37)14-12-21/h2-4,7-8,11-14,19,23-26,37H,5-6,9-10,15-18,32H2,1H3,(H,33,39)(H,34,38)(H,42,43)/t19-,23-,24-,25-,26-/m0/s1. The van der Waals surface area contributed by atoms with Crippen molar-refractivity contribution in [1.29, 1.82) is 0 Å². The summed E-state index contributed by atoms with van der Waals surface area (Å²) >= 11 is 0. The van der Waals surface area contributed by atoms with E-state index >= 15 is 0 Å². The molecule has 4 rings (SSSR count). The van der Waals surface area contributed by atoms with Crippen LogP contribution in [0.25, 0.3) is 0 Å². The second-order valence-corrected chi connectivity index (χ2v) is 11.2. The second-order valence-electron chi connectivity index (χ2n) is 11.2. The van der Waals surface area contributed by atoms with Crippen molar-refractivity contribution in [1.82, 2.24) is 20.4 Å². The Morgan fingerprint density at radius 1 is 0.837 bits per heavy atom. The molecule has 2 aromatic carbocycles. The summed E-state index contributed by atoms with van der Waals surface area (Å²) in [5.74, 6) is -2.93. The smallest absolute Gasteiger partial charge is 0.326 e. The number of hydrogen-bond acceptors (Lipinski definition) is 7. The average molecular weight is 594 g/mol. The van der Waals surface area contributed by atoms with Crippen LogP contribution in [0.3, 0.4) is 0 Å². The number of nitrogens with zero attached hydrogens (tertiary/aromatic N) is 2. The van der Waals surface area contributed by atoms with Gasteiger partial charge in [0, 0.05) is 19.5 Å². The highest BCUT2D eigenvalue weighted by molar-refractivity contribution is 5.96. The van der Waals surface area contributed by atoms with Crippen molar-refractivity contribution >= 4 is 29.6 Å². The third kappa shape index (κ3) is 7.89. The van der Waals surface area contributed by atoms with Crippen LogP contribution in [0, 0.1) is 0 Å². The Balaban J connectivity index is 1.44. The molecule has 0 aliphatic carbocycles. The minimum atomic E-state index is -1.08. The van der Waals surface area contributed by atoms with Crippen LogP contribution in [0.5, 0.6) is 5.75 Å². The number of nitrogens with two attached hydrogens (primary N) is 1. The SMILES string of the molecule is C[C@H](NC(=O)[C@@H]1CCCN1C(=O)[C@H](Cc1ccccc1)NC(=O)[C@@H](N)Cc1ccc(O)cc1)C(=O)N1CCC[C@H]1C(=O)O. The van der Waals surface area contributed by atoms with Crippen LogP contribution >= 0.6 is 0 Å². The molecular weight excluding hydrogens is 554 g/mol. The van der Waals surface area contributed by atoms with Crippen molar-refractivity contribution in [2.24, 2.45) is 5.73 Å². The number of nitrogens with one attached hydrogen (secondary N) is 2. The van der Waals surface area contributed by atoms with E-state index in [1.165, 1.54) is 28.9 Å². The second kappa shape index (κ2) is 14.1. The Bertz CT molecular complexity index is 1320. The lowest BCUT2D eigenvalue weighted by Gasteiger charge is -2.31. The maximum Gasteiger partial charge on any atom is 0.326 e. The fourth-order valence-corrected chi connectivity index (χ4v) is 5.72. The first-order valence-corrected chi connectivity index (χ1v) is 14.6. The predicted molar refractivity (Wildman–Crippen MR) is 157 cm³/mol. The lowest BCUT2D eigenvalue weighted by atomic mass is 10.0. The highest BCUT2D eigenvalue weighted by atomic mass is 16.4. The maximum atomic E-state index is 13.9. The van der Waals surface area contributed by atoms with E-state index in [4.69, 9.17) is 5.73 Å². The Kier molecular flexibility index (Phi) is 10.4. The van der Waals surface area contributed by atoms with Gasteiger partial charge in [0.2, 0.25) is 23.6 Å². The zero-order valence-corrected chi connectivity index (χ0v) is 24.1. The van der Waals surface area contributed by atoms with Crippen molar-refractivity contribution < 1.29 is 34.2 Å². The Morgan fingerprint density at radius 3 is 2.05 bits per heavy atom. The summed E-state index contributed by atoms with van der Waals surface area (Å²) in [6.07, 6.45) is 2.25. The zero-order chi connectivity index (χ0) is 31.1. The van der Waals surface area contributed by atoms with Gasteiger partial charge >= 0.3 is 5.97 Å². The molecule has 2 fully saturated rings. The lowest BCUT2D eigenvalue weighted by molar-refractivity contribution is -0.149. The molecule has 6 N–H and O–H groups in total. The topological polar surface area (TPSA) is 182 Å². The molecule has 0 unspecified atom stereocenters. The Hall–Kier alpha value is -4.45. The number of aromatic hydroxyl groups is 1. The number of aliphatic carboxylic acids is 1. The fourth-order valence-electron chi connectivity index (χ4n) is 5.72. The molecule has 2 aliphatic heterocycles. The van der Waals surface area contributed by atoms with Gasteiger partial charge in [-0.3, -0.25) is 19.2 Å². The average Bonchev–Trinajstić information content (AvgIpc) is 3.68. The van der Waals surface area contributed by atoms with E-state index in [1.807, 2.05) is 30.3 Å². The quantitative estimate of drug-likeness (QED) is 0.250. The van der Waals surface area contributed by atoms with Gasteiger partial charge in [-0.15, -0.1) is 0 Å². The molecular formula is C31H39N5O7. The number of hydrogen-bond donors (Lipinski definition) is 5. The maximum absolute atomic E-state index is 13.9. The van der Waals surface area contributed by atoms with Crippen molar-refractivity contribution in [3.05, 3.63) is 65.7 Å². The molecule has 2 aromatic rings. The van der Waals surface area contributed by atoms with E-state index in [0.717, 1.165) is 11.1 Å². The molecule has 0 aromatic heterocycles. The van der Waals surface area contributed by atoms with Crippen LogP contribution in [0.15, 0.2) is 54.6 Å². The zero-order valence-electron chi connectivity index (χ0n) is 24.1. The summed E-state index contributed by atoms with van der Waals surface area (Å²) in [5, 5.41) is 24.4. The van der Waals surface area contributed by atoms with Crippen LogP contribution in [-0.4, -0.2) is 92.9 Å². The van der Waals surface area contributed by atoms with Gasteiger partial charge in [-0.25, -0.2) is 4.79 Å². The van der Waals surface area contributed by atoms with Crippen molar-refractivity contribution in [3.63, 3.8) is 0 Å². The van der Waals surface area contributed by atoms with E-state index in [-0.39, 0.29) is 18.6 Å². The number of phenolic OH excluding ortho intramolecular Hbond substituents is 1. The van der Waals surface area contributed by atoms with Gasteiger partial charge in [0.25, 0.3) is 0 Å². The Morgan fingerprint density at radius 2 is 1.42 bits per heavy atom. The first-order chi connectivity index (χ1) is 20.5. The van der Waals surface area contributed by atoms with Gasteiger partial charge < -0.3 is 36.4 Å². The molecule has 0 bridgehead atoms.